The first-order chi connectivity index (χ1) is 13.9. The molecule has 0 radical (unpaired) electrons. The molecule has 1 atom stereocenters. The van der Waals surface area contributed by atoms with Crippen LogP contribution >= 0.6 is 27.5 Å². The average molecular weight is 473 g/mol. The second-order valence-corrected chi connectivity index (χ2v) is 7.83. The largest absolute Gasteiger partial charge is 0.480 e. The Kier molecular flexibility index (Phi) is 6.73. The van der Waals surface area contributed by atoms with Crippen molar-refractivity contribution in [3.63, 3.8) is 0 Å². The number of rotatable bonds is 6. The summed E-state index contributed by atoms with van der Waals surface area (Å²) in [4.78, 5) is 17.9. The molecule has 3 aromatic rings. The fraction of sp³-hybridized carbons (Fsp3) is 0.227. The van der Waals surface area contributed by atoms with Crippen LogP contribution in [0.15, 0.2) is 50.8 Å². The number of halogens is 2. The molecule has 0 aliphatic carbocycles. The molecule has 7 heteroatoms. The van der Waals surface area contributed by atoms with E-state index in [2.05, 4.69) is 27.0 Å². The molecular weight excluding hydrogens is 454 g/mol. The average Bonchev–Trinajstić information content (AvgIpc) is 2.72. The predicted molar refractivity (Wildman–Crippen MR) is 121 cm³/mol. The van der Waals surface area contributed by atoms with Gasteiger partial charge in [0.25, 0.3) is 5.56 Å². The van der Waals surface area contributed by atoms with Crippen LogP contribution in [0.25, 0.3) is 10.9 Å². The van der Waals surface area contributed by atoms with Crippen molar-refractivity contribution < 1.29 is 4.74 Å². The minimum absolute atomic E-state index is 0.0458. The highest BCUT2D eigenvalue weighted by Crippen LogP contribution is 2.23. The highest BCUT2D eigenvalue weighted by Gasteiger charge is 2.16. The van der Waals surface area contributed by atoms with Crippen LogP contribution in [0.5, 0.6) is 5.75 Å². The Morgan fingerprint density at radius 2 is 2.17 bits per heavy atom. The molecule has 0 spiro atoms. The van der Waals surface area contributed by atoms with E-state index in [1.807, 2.05) is 26.0 Å². The Hall–Kier alpha value is -2.62. The van der Waals surface area contributed by atoms with Crippen LogP contribution in [0.1, 0.15) is 37.6 Å². The van der Waals surface area contributed by atoms with Crippen molar-refractivity contribution >= 4 is 44.6 Å². The van der Waals surface area contributed by atoms with Crippen molar-refractivity contribution in [2.75, 3.05) is 6.61 Å². The van der Waals surface area contributed by atoms with E-state index in [-0.39, 0.29) is 18.1 Å². The number of hydrogen-bond donors (Lipinski definition) is 0. The summed E-state index contributed by atoms with van der Waals surface area (Å²) in [6, 6.07) is 10.6. The van der Waals surface area contributed by atoms with Gasteiger partial charge in [0.1, 0.15) is 18.2 Å². The summed E-state index contributed by atoms with van der Waals surface area (Å²) in [5.41, 5.74) is 1.01. The van der Waals surface area contributed by atoms with E-state index in [1.165, 1.54) is 10.9 Å². The molecule has 0 unspecified atom stereocenters. The Morgan fingerprint density at radius 3 is 2.90 bits per heavy atom. The van der Waals surface area contributed by atoms with E-state index in [9.17, 15) is 4.79 Å². The lowest BCUT2D eigenvalue weighted by Crippen LogP contribution is -2.23. The second kappa shape index (κ2) is 9.25. The number of benzene rings is 2. The first-order valence-electron chi connectivity index (χ1n) is 9.07. The van der Waals surface area contributed by atoms with Gasteiger partial charge in [0.2, 0.25) is 0 Å². The molecule has 0 aliphatic rings. The Morgan fingerprint density at radius 1 is 1.38 bits per heavy atom. The molecule has 29 heavy (non-hydrogen) atoms. The molecule has 0 saturated carbocycles. The minimum atomic E-state index is -0.240. The van der Waals surface area contributed by atoms with Crippen molar-refractivity contribution in [1.82, 2.24) is 9.66 Å². The quantitative estimate of drug-likeness (QED) is 0.365. The van der Waals surface area contributed by atoms with Crippen LogP contribution in [-0.4, -0.2) is 22.5 Å². The molecule has 0 N–H and O–H groups in total. The van der Waals surface area contributed by atoms with Crippen molar-refractivity contribution in [3.8, 4) is 18.1 Å². The fourth-order valence-electron chi connectivity index (χ4n) is 2.77. The molecule has 5 nitrogen and oxygen atoms in total. The zero-order valence-corrected chi connectivity index (χ0v) is 18.4. The van der Waals surface area contributed by atoms with Gasteiger partial charge in [0.15, 0.2) is 0 Å². The first kappa shape index (κ1) is 21.1. The zero-order chi connectivity index (χ0) is 21.0. The molecular formula is C22H19BrClN3O2. The number of fused-ring (bicyclic) bond motifs is 1. The third-order valence-corrected chi connectivity index (χ3v) is 5.21. The van der Waals surface area contributed by atoms with E-state index in [4.69, 9.17) is 27.7 Å². The van der Waals surface area contributed by atoms with Gasteiger partial charge in [-0.25, -0.2) is 4.98 Å². The number of terminal acetylenes is 1. The van der Waals surface area contributed by atoms with Crippen molar-refractivity contribution in [1.29, 1.82) is 0 Å². The summed E-state index contributed by atoms with van der Waals surface area (Å²) in [5.74, 6) is 3.60. The number of hydrogen-bond acceptors (Lipinski definition) is 4. The van der Waals surface area contributed by atoms with Gasteiger partial charge in [0.05, 0.1) is 17.1 Å². The lowest BCUT2D eigenvalue weighted by Gasteiger charge is -2.14. The van der Waals surface area contributed by atoms with Gasteiger partial charge in [-0.05, 0) is 42.8 Å². The Bertz CT molecular complexity index is 1180. The SMILES string of the molecule is C#CCOc1ccc(Cl)cc1C=Nn1c([C@@H](C)CC)nc2ccc(Br)cc2c1=O. The van der Waals surface area contributed by atoms with Crippen LogP contribution in [-0.2, 0) is 0 Å². The van der Waals surface area contributed by atoms with Crippen LogP contribution in [0.4, 0.5) is 0 Å². The Labute approximate surface area is 182 Å². The Balaban J connectivity index is 2.17. The zero-order valence-electron chi connectivity index (χ0n) is 16.0. The van der Waals surface area contributed by atoms with E-state index < -0.39 is 0 Å². The monoisotopic (exact) mass is 471 g/mol. The van der Waals surface area contributed by atoms with Gasteiger partial charge < -0.3 is 4.74 Å². The standard InChI is InChI=1S/C22H19BrClN3O2/c1-4-10-29-20-9-7-17(24)11-15(20)13-25-27-21(14(3)5-2)26-19-8-6-16(23)12-18(19)22(27)28/h1,6-9,11-14H,5,10H2,2-3H3/t14-/m0/s1. The van der Waals surface area contributed by atoms with Crippen molar-refractivity contribution in [2.45, 2.75) is 26.2 Å². The van der Waals surface area contributed by atoms with Crippen molar-refractivity contribution in [3.05, 3.63) is 67.6 Å². The highest BCUT2D eigenvalue weighted by atomic mass is 79.9. The molecule has 0 bridgehead atoms. The summed E-state index contributed by atoms with van der Waals surface area (Å²) < 4.78 is 7.69. The van der Waals surface area contributed by atoms with Gasteiger partial charge >= 0.3 is 0 Å². The maximum atomic E-state index is 13.2. The predicted octanol–water partition coefficient (Wildman–Crippen LogP) is 5.22. The van der Waals surface area contributed by atoms with Gasteiger partial charge in [0, 0.05) is 21.0 Å². The van der Waals surface area contributed by atoms with E-state index in [0.29, 0.717) is 33.1 Å². The number of aromatic nitrogens is 2. The third kappa shape index (κ3) is 4.69. The van der Waals surface area contributed by atoms with Gasteiger partial charge in [-0.1, -0.05) is 47.3 Å². The molecule has 1 heterocycles. The van der Waals surface area contributed by atoms with Crippen molar-refractivity contribution in [2.24, 2.45) is 5.10 Å². The maximum Gasteiger partial charge on any atom is 0.282 e. The normalized spacial score (nSPS) is 12.2. The number of ether oxygens (including phenoxy) is 1. The summed E-state index contributed by atoms with van der Waals surface area (Å²) in [6.45, 7) is 4.17. The van der Waals surface area contributed by atoms with Gasteiger partial charge in [-0.15, -0.1) is 6.42 Å². The fourth-order valence-corrected chi connectivity index (χ4v) is 3.31. The molecule has 148 valence electrons. The van der Waals surface area contributed by atoms with Gasteiger partial charge in [-0.3, -0.25) is 4.79 Å². The molecule has 2 aromatic carbocycles. The summed E-state index contributed by atoms with van der Waals surface area (Å²) >= 11 is 9.53. The van der Waals surface area contributed by atoms with E-state index in [0.717, 1.165) is 10.9 Å². The van der Waals surface area contributed by atoms with Gasteiger partial charge in [-0.2, -0.15) is 9.78 Å². The number of nitrogens with zero attached hydrogens (tertiary/aromatic N) is 3. The van der Waals surface area contributed by atoms with Crippen LogP contribution in [0.2, 0.25) is 5.02 Å². The summed E-state index contributed by atoms with van der Waals surface area (Å²) in [6.07, 6.45) is 7.64. The molecule has 1 aromatic heterocycles. The highest BCUT2D eigenvalue weighted by molar-refractivity contribution is 9.10. The lowest BCUT2D eigenvalue weighted by molar-refractivity contribution is 0.370. The smallest absolute Gasteiger partial charge is 0.282 e. The molecule has 0 amide bonds. The van der Waals surface area contributed by atoms with Crippen LogP contribution < -0.4 is 10.3 Å². The minimum Gasteiger partial charge on any atom is -0.480 e. The molecule has 0 aliphatic heterocycles. The first-order valence-corrected chi connectivity index (χ1v) is 10.2. The van der Waals surface area contributed by atoms with Crippen LogP contribution in [0.3, 0.4) is 0 Å². The van der Waals surface area contributed by atoms with E-state index >= 15 is 0 Å². The summed E-state index contributed by atoms with van der Waals surface area (Å²) in [7, 11) is 0. The molecule has 0 saturated heterocycles. The molecule has 0 fully saturated rings. The van der Waals surface area contributed by atoms with Crippen LogP contribution in [0, 0.1) is 12.3 Å². The second-order valence-electron chi connectivity index (χ2n) is 6.48. The maximum absolute atomic E-state index is 13.2. The van der Waals surface area contributed by atoms with E-state index in [1.54, 1.807) is 24.3 Å². The summed E-state index contributed by atoms with van der Waals surface area (Å²) in [5, 5.41) is 5.45. The lowest BCUT2D eigenvalue weighted by atomic mass is 10.1. The third-order valence-electron chi connectivity index (χ3n) is 4.48. The topological polar surface area (TPSA) is 56.5 Å². The molecule has 3 rings (SSSR count).